The van der Waals surface area contributed by atoms with Crippen LogP contribution in [0.3, 0.4) is 0 Å². The largest absolute Gasteiger partial charge is 0.392 e. The molecule has 0 aromatic carbocycles. The normalized spacial score (nSPS) is 33.9. The number of likely N-dealkylation sites (tertiary alicyclic amines) is 1. The Morgan fingerprint density at radius 1 is 1.41 bits per heavy atom. The van der Waals surface area contributed by atoms with E-state index in [0.717, 1.165) is 25.0 Å². The summed E-state index contributed by atoms with van der Waals surface area (Å²) in [7, 11) is 0. The minimum absolute atomic E-state index is 0.190. The number of nitrogens with zero attached hydrogens (tertiary/aromatic N) is 1. The molecular formula is C14H28N2O. The van der Waals surface area contributed by atoms with Gasteiger partial charge in [-0.15, -0.1) is 0 Å². The molecule has 1 saturated heterocycles. The average Bonchev–Trinajstić information content (AvgIpc) is 3.09. The Balaban J connectivity index is 1.70. The molecule has 4 atom stereocenters. The van der Waals surface area contributed by atoms with Gasteiger partial charge in [0.2, 0.25) is 0 Å². The van der Waals surface area contributed by atoms with Gasteiger partial charge < -0.3 is 10.4 Å². The summed E-state index contributed by atoms with van der Waals surface area (Å²) in [6.07, 6.45) is 4.89. The maximum atomic E-state index is 9.96. The van der Waals surface area contributed by atoms with Gasteiger partial charge in [0, 0.05) is 31.2 Å². The zero-order valence-corrected chi connectivity index (χ0v) is 11.5. The van der Waals surface area contributed by atoms with E-state index >= 15 is 0 Å². The van der Waals surface area contributed by atoms with E-state index < -0.39 is 0 Å². The van der Waals surface area contributed by atoms with Crippen LogP contribution >= 0.6 is 0 Å². The highest BCUT2D eigenvalue weighted by Gasteiger charge is 2.38. The second-order valence-electron chi connectivity index (χ2n) is 6.07. The number of hydrogen-bond donors (Lipinski definition) is 2. The Labute approximate surface area is 106 Å². The molecule has 1 heterocycles. The van der Waals surface area contributed by atoms with Crippen molar-refractivity contribution in [1.82, 2.24) is 10.2 Å². The minimum Gasteiger partial charge on any atom is -0.392 e. The monoisotopic (exact) mass is 240 g/mol. The number of aliphatic hydroxyl groups is 1. The van der Waals surface area contributed by atoms with Gasteiger partial charge in [-0.2, -0.15) is 0 Å². The lowest BCUT2D eigenvalue weighted by molar-refractivity contribution is 0.109. The van der Waals surface area contributed by atoms with Crippen LogP contribution in [0.2, 0.25) is 0 Å². The van der Waals surface area contributed by atoms with Gasteiger partial charge in [-0.05, 0) is 32.1 Å². The van der Waals surface area contributed by atoms with Crippen LogP contribution in [0.4, 0.5) is 0 Å². The molecule has 0 aromatic rings. The van der Waals surface area contributed by atoms with Crippen molar-refractivity contribution in [2.75, 3.05) is 13.1 Å². The van der Waals surface area contributed by atoms with Gasteiger partial charge in [-0.3, -0.25) is 4.90 Å². The molecule has 1 saturated carbocycles. The van der Waals surface area contributed by atoms with E-state index in [4.69, 9.17) is 0 Å². The quantitative estimate of drug-likeness (QED) is 0.740. The molecule has 3 heteroatoms. The molecule has 4 unspecified atom stereocenters. The topological polar surface area (TPSA) is 35.5 Å². The Morgan fingerprint density at radius 3 is 2.71 bits per heavy atom. The summed E-state index contributed by atoms with van der Waals surface area (Å²) >= 11 is 0. The first-order valence-corrected chi connectivity index (χ1v) is 7.29. The van der Waals surface area contributed by atoms with Crippen LogP contribution < -0.4 is 5.32 Å². The first-order valence-electron chi connectivity index (χ1n) is 7.29. The molecule has 0 bridgehead atoms. The zero-order valence-electron chi connectivity index (χ0n) is 11.5. The van der Waals surface area contributed by atoms with Crippen LogP contribution in [0.15, 0.2) is 0 Å². The van der Waals surface area contributed by atoms with Crippen LogP contribution in [0.25, 0.3) is 0 Å². The van der Waals surface area contributed by atoms with E-state index in [1.54, 1.807) is 0 Å². The van der Waals surface area contributed by atoms with Crippen molar-refractivity contribution in [2.24, 2.45) is 5.92 Å². The van der Waals surface area contributed by atoms with E-state index in [1.165, 1.54) is 25.8 Å². The maximum Gasteiger partial charge on any atom is 0.0690 e. The number of aliphatic hydroxyl groups excluding tert-OH is 1. The van der Waals surface area contributed by atoms with Crippen LogP contribution in [-0.4, -0.2) is 47.3 Å². The van der Waals surface area contributed by atoms with Gasteiger partial charge in [0.25, 0.3) is 0 Å². The zero-order chi connectivity index (χ0) is 12.4. The van der Waals surface area contributed by atoms with Gasteiger partial charge in [-0.25, -0.2) is 0 Å². The van der Waals surface area contributed by atoms with Gasteiger partial charge >= 0.3 is 0 Å². The van der Waals surface area contributed by atoms with Crippen molar-refractivity contribution in [3.63, 3.8) is 0 Å². The molecular weight excluding hydrogens is 212 g/mol. The molecule has 0 aromatic heterocycles. The highest BCUT2D eigenvalue weighted by atomic mass is 16.3. The second-order valence-corrected chi connectivity index (χ2v) is 6.07. The van der Waals surface area contributed by atoms with E-state index in [1.807, 2.05) is 0 Å². The van der Waals surface area contributed by atoms with Crippen molar-refractivity contribution < 1.29 is 5.11 Å². The molecule has 2 fully saturated rings. The van der Waals surface area contributed by atoms with E-state index in [2.05, 4.69) is 31.0 Å². The van der Waals surface area contributed by atoms with Crippen LogP contribution in [-0.2, 0) is 0 Å². The maximum absolute atomic E-state index is 9.96. The molecule has 0 radical (unpaired) electrons. The minimum atomic E-state index is -0.190. The molecule has 100 valence electrons. The molecule has 1 aliphatic heterocycles. The summed E-state index contributed by atoms with van der Waals surface area (Å²) < 4.78 is 0. The number of nitrogens with one attached hydrogen (secondary N) is 1. The fourth-order valence-electron chi connectivity index (χ4n) is 2.88. The number of rotatable bonds is 6. The molecule has 2 rings (SSSR count). The van der Waals surface area contributed by atoms with E-state index in [-0.39, 0.29) is 6.10 Å². The van der Waals surface area contributed by atoms with Crippen molar-refractivity contribution in [3.05, 3.63) is 0 Å². The van der Waals surface area contributed by atoms with Gasteiger partial charge in [0.15, 0.2) is 0 Å². The highest BCUT2D eigenvalue weighted by molar-refractivity contribution is 4.96. The highest BCUT2D eigenvalue weighted by Crippen LogP contribution is 2.33. The van der Waals surface area contributed by atoms with Gasteiger partial charge in [0.05, 0.1) is 6.10 Å². The molecule has 2 N–H and O–H groups in total. The SMILES string of the molecule is CCC(C)C(O)CNC1CC(C)N(C2CC2)C1. The lowest BCUT2D eigenvalue weighted by atomic mass is 10.0. The smallest absolute Gasteiger partial charge is 0.0690 e. The number of hydrogen-bond acceptors (Lipinski definition) is 3. The fourth-order valence-corrected chi connectivity index (χ4v) is 2.88. The molecule has 0 amide bonds. The average molecular weight is 240 g/mol. The molecule has 0 spiro atoms. The second kappa shape index (κ2) is 5.68. The predicted molar refractivity (Wildman–Crippen MR) is 71.1 cm³/mol. The van der Waals surface area contributed by atoms with E-state index in [0.29, 0.717) is 12.0 Å². The fraction of sp³-hybridized carbons (Fsp3) is 1.00. The lowest BCUT2D eigenvalue weighted by Crippen LogP contribution is -2.39. The van der Waals surface area contributed by atoms with E-state index in [9.17, 15) is 5.11 Å². The third kappa shape index (κ3) is 3.43. The molecule has 3 nitrogen and oxygen atoms in total. The Morgan fingerprint density at radius 2 is 2.12 bits per heavy atom. The summed E-state index contributed by atoms with van der Waals surface area (Å²) in [5.74, 6) is 0.404. The summed E-state index contributed by atoms with van der Waals surface area (Å²) in [5.41, 5.74) is 0. The summed E-state index contributed by atoms with van der Waals surface area (Å²) in [6, 6.07) is 2.18. The van der Waals surface area contributed by atoms with Crippen molar-refractivity contribution in [2.45, 2.75) is 70.7 Å². The first-order chi connectivity index (χ1) is 8.11. The summed E-state index contributed by atoms with van der Waals surface area (Å²) in [5, 5.41) is 13.5. The standard InChI is InChI=1S/C14H28N2O/c1-4-10(2)14(17)8-15-12-7-11(3)16(9-12)13-5-6-13/h10-15,17H,4-9H2,1-3H3. The van der Waals surface area contributed by atoms with Crippen molar-refractivity contribution >= 4 is 0 Å². The molecule has 2 aliphatic rings. The van der Waals surface area contributed by atoms with Gasteiger partial charge in [0.1, 0.15) is 0 Å². The van der Waals surface area contributed by atoms with Crippen LogP contribution in [0.5, 0.6) is 0 Å². The van der Waals surface area contributed by atoms with Crippen LogP contribution in [0.1, 0.15) is 46.5 Å². The first kappa shape index (κ1) is 13.3. The Hall–Kier alpha value is -0.120. The Bertz CT molecular complexity index is 242. The Kier molecular flexibility index (Phi) is 4.45. The summed E-state index contributed by atoms with van der Waals surface area (Å²) in [6.45, 7) is 8.54. The third-order valence-electron chi connectivity index (χ3n) is 4.56. The van der Waals surface area contributed by atoms with Crippen molar-refractivity contribution in [3.8, 4) is 0 Å². The third-order valence-corrected chi connectivity index (χ3v) is 4.56. The molecule has 17 heavy (non-hydrogen) atoms. The molecule has 1 aliphatic carbocycles. The van der Waals surface area contributed by atoms with Crippen molar-refractivity contribution in [1.29, 1.82) is 0 Å². The predicted octanol–water partition coefficient (Wildman–Crippen LogP) is 1.61. The lowest BCUT2D eigenvalue weighted by Gasteiger charge is -2.21. The van der Waals surface area contributed by atoms with Gasteiger partial charge in [-0.1, -0.05) is 20.3 Å². The summed E-state index contributed by atoms with van der Waals surface area (Å²) in [4.78, 5) is 2.65. The van der Waals surface area contributed by atoms with Crippen LogP contribution in [0, 0.1) is 5.92 Å².